The van der Waals surface area contributed by atoms with E-state index in [4.69, 9.17) is 9.84 Å². The molecule has 6 heteroatoms. The van der Waals surface area contributed by atoms with Gasteiger partial charge in [0.15, 0.2) is 0 Å². The number of imidazole rings is 1. The van der Waals surface area contributed by atoms with E-state index in [1.54, 1.807) is 7.11 Å². The summed E-state index contributed by atoms with van der Waals surface area (Å²) in [4.78, 5) is 18.1. The van der Waals surface area contributed by atoms with E-state index in [-0.39, 0.29) is 6.42 Å². The number of ether oxygens (including phenoxy) is 1. The van der Waals surface area contributed by atoms with Crippen molar-refractivity contribution in [2.24, 2.45) is 0 Å². The summed E-state index contributed by atoms with van der Waals surface area (Å²) in [5.74, 6) is 0.526. The number of rotatable bonds is 5. The van der Waals surface area contributed by atoms with E-state index in [1.807, 2.05) is 25.1 Å². The lowest BCUT2D eigenvalue weighted by Crippen LogP contribution is -1.98. The molecule has 1 aromatic heterocycles. The molecule has 0 bridgehead atoms. The lowest BCUT2D eigenvalue weighted by atomic mass is 10.1. The highest BCUT2D eigenvalue weighted by atomic mass is 79.9. The van der Waals surface area contributed by atoms with Crippen LogP contribution in [0.4, 0.5) is 0 Å². The molecule has 0 fully saturated rings. The van der Waals surface area contributed by atoms with Crippen LogP contribution >= 0.6 is 15.9 Å². The second-order valence-electron chi connectivity index (χ2n) is 4.44. The molecule has 0 unspecified atom stereocenters. The van der Waals surface area contributed by atoms with Gasteiger partial charge in [-0.1, -0.05) is 11.6 Å². The van der Waals surface area contributed by atoms with E-state index < -0.39 is 5.97 Å². The number of carbonyl (C=O) groups is 1. The zero-order valence-electron chi connectivity index (χ0n) is 11.2. The Labute approximate surface area is 125 Å². The molecule has 2 rings (SSSR count). The van der Waals surface area contributed by atoms with Gasteiger partial charge in [0.1, 0.15) is 21.9 Å². The minimum absolute atomic E-state index is 0.0460. The number of benzene rings is 1. The molecule has 1 aromatic carbocycles. The third kappa shape index (κ3) is 3.19. The van der Waals surface area contributed by atoms with Crippen LogP contribution in [-0.4, -0.2) is 28.2 Å². The van der Waals surface area contributed by atoms with Gasteiger partial charge in [0.2, 0.25) is 0 Å². The van der Waals surface area contributed by atoms with E-state index in [1.165, 1.54) is 0 Å². The lowest BCUT2D eigenvalue weighted by Gasteiger charge is -2.07. The summed E-state index contributed by atoms with van der Waals surface area (Å²) < 4.78 is 6.07. The Morgan fingerprint density at radius 2 is 2.25 bits per heavy atom. The van der Waals surface area contributed by atoms with Crippen LogP contribution < -0.4 is 4.74 Å². The van der Waals surface area contributed by atoms with Crippen LogP contribution in [0.1, 0.15) is 17.8 Å². The molecule has 0 amide bonds. The number of hydrogen-bond donors (Lipinski definition) is 2. The van der Waals surface area contributed by atoms with Crippen molar-refractivity contribution < 1.29 is 14.6 Å². The third-order valence-corrected chi connectivity index (χ3v) is 3.47. The summed E-state index contributed by atoms with van der Waals surface area (Å²) >= 11 is 3.43. The Morgan fingerprint density at radius 1 is 1.50 bits per heavy atom. The quantitative estimate of drug-likeness (QED) is 0.877. The van der Waals surface area contributed by atoms with E-state index in [0.717, 1.165) is 27.2 Å². The number of methoxy groups -OCH3 is 1. The van der Waals surface area contributed by atoms with Gasteiger partial charge in [-0.25, -0.2) is 4.98 Å². The smallest absolute Gasteiger partial charge is 0.303 e. The Morgan fingerprint density at radius 3 is 2.90 bits per heavy atom. The van der Waals surface area contributed by atoms with Crippen LogP contribution in [0.25, 0.3) is 11.3 Å². The first-order valence-electron chi connectivity index (χ1n) is 6.12. The number of aromatic amines is 1. The molecule has 0 saturated heterocycles. The lowest BCUT2D eigenvalue weighted by molar-refractivity contribution is -0.137. The SMILES string of the molecule is COc1ccc(C)cc1-c1nc(CCC(=O)O)[nH]c1Br. The number of aromatic nitrogens is 2. The summed E-state index contributed by atoms with van der Waals surface area (Å²) in [6.45, 7) is 1.99. The first kappa shape index (κ1) is 14.6. The summed E-state index contributed by atoms with van der Waals surface area (Å²) in [6, 6.07) is 5.84. The first-order valence-corrected chi connectivity index (χ1v) is 6.91. The molecule has 0 aliphatic rings. The maximum atomic E-state index is 10.6. The first-order chi connectivity index (χ1) is 9.51. The molecular formula is C14H15BrN2O3. The van der Waals surface area contributed by atoms with Gasteiger partial charge in [-0.3, -0.25) is 4.79 Å². The van der Waals surface area contributed by atoms with Crippen molar-refractivity contribution in [3.8, 4) is 17.0 Å². The van der Waals surface area contributed by atoms with Crippen molar-refractivity contribution in [1.29, 1.82) is 0 Å². The Bertz CT molecular complexity index is 637. The Balaban J connectivity index is 2.37. The number of hydrogen-bond acceptors (Lipinski definition) is 3. The van der Waals surface area contributed by atoms with Gasteiger partial charge in [0.05, 0.1) is 13.5 Å². The molecule has 20 heavy (non-hydrogen) atoms. The second-order valence-corrected chi connectivity index (χ2v) is 5.24. The van der Waals surface area contributed by atoms with Gasteiger partial charge >= 0.3 is 5.97 Å². The van der Waals surface area contributed by atoms with Gasteiger partial charge in [-0.05, 0) is 35.0 Å². The van der Waals surface area contributed by atoms with Crippen LogP contribution in [0.5, 0.6) is 5.75 Å². The average molecular weight is 339 g/mol. The second kappa shape index (κ2) is 6.09. The number of H-pyrrole nitrogens is 1. The molecule has 0 spiro atoms. The molecule has 0 saturated carbocycles. The van der Waals surface area contributed by atoms with Crippen LogP contribution in [0.2, 0.25) is 0 Å². The molecule has 2 aromatic rings. The Hall–Kier alpha value is -1.82. The number of aliphatic carboxylic acids is 1. The van der Waals surface area contributed by atoms with Gasteiger partial charge < -0.3 is 14.8 Å². The maximum absolute atomic E-state index is 10.6. The standard InChI is InChI=1S/C14H15BrN2O3/c1-8-3-4-10(20-2)9(7-8)13-14(15)17-11(16-13)5-6-12(18)19/h3-4,7H,5-6H2,1-2H3,(H,16,17)(H,18,19). The number of carboxylic acid groups (broad SMARTS) is 1. The largest absolute Gasteiger partial charge is 0.496 e. The van der Waals surface area contributed by atoms with Crippen molar-refractivity contribution in [3.63, 3.8) is 0 Å². The number of carboxylic acids is 1. The van der Waals surface area contributed by atoms with Crippen LogP contribution in [0.3, 0.4) is 0 Å². The fraction of sp³-hybridized carbons (Fsp3) is 0.286. The minimum atomic E-state index is -0.841. The number of nitrogens with zero attached hydrogens (tertiary/aromatic N) is 1. The van der Waals surface area contributed by atoms with E-state index >= 15 is 0 Å². The summed E-state index contributed by atoms with van der Waals surface area (Å²) in [6.07, 6.45) is 0.409. The molecule has 2 N–H and O–H groups in total. The van der Waals surface area contributed by atoms with E-state index in [9.17, 15) is 4.79 Å². The molecule has 0 radical (unpaired) electrons. The summed E-state index contributed by atoms with van der Waals surface area (Å²) in [5.41, 5.74) is 2.70. The van der Waals surface area contributed by atoms with Crippen molar-refractivity contribution >= 4 is 21.9 Å². The molecule has 0 atom stereocenters. The van der Waals surface area contributed by atoms with Crippen molar-refractivity contribution in [2.45, 2.75) is 19.8 Å². The van der Waals surface area contributed by atoms with Gasteiger partial charge in [0.25, 0.3) is 0 Å². The maximum Gasteiger partial charge on any atom is 0.303 e. The minimum Gasteiger partial charge on any atom is -0.496 e. The molecule has 0 aliphatic heterocycles. The van der Waals surface area contributed by atoms with Crippen molar-refractivity contribution in [1.82, 2.24) is 9.97 Å². The van der Waals surface area contributed by atoms with Crippen LogP contribution in [0, 0.1) is 6.92 Å². The number of halogens is 1. The molecule has 1 heterocycles. The van der Waals surface area contributed by atoms with Gasteiger partial charge in [-0.15, -0.1) is 0 Å². The zero-order chi connectivity index (χ0) is 14.7. The molecule has 5 nitrogen and oxygen atoms in total. The highest BCUT2D eigenvalue weighted by Crippen LogP contribution is 2.34. The topological polar surface area (TPSA) is 75.2 Å². The zero-order valence-corrected chi connectivity index (χ0v) is 12.8. The highest BCUT2D eigenvalue weighted by molar-refractivity contribution is 9.10. The summed E-state index contributed by atoms with van der Waals surface area (Å²) in [5, 5.41) is 8.71. The Kier molecular flexibility index (Phi) is 4.44. The van der Waals surface area contributed by atoms with Gasteiger partial charge in [-0.2, -0.15) is 0 Å². The fourth-order valence-corrected chi connectivity index (χ4v) is 2.46. The van der Waals surface area contributed by atoms with E-state index in [0.29, 0.717) is 12.2 Å². The van der Waals surface area contributed by atoms with Crippen molar-refractivity contribution in [2.75, 3.05) is 7.11 Å². The predicted octanol–water partition coefficient (Wildman–Crippen LogP) is 3.17. The number of aryl methyl sites for hydroxylation is 2. The normalized spacial score (nSPS) is 10.6. The van der Waals surface area contributed by atoms with Crippen molar-refractivity contribution in [3.05, 3.63) is 34.2 Å². The summed E-state index contributed by atoms with van der Waals surface area (Å²) in [7, 11) is 1.61. The molecular weight excluding hydrogens is 324 g/mol. The van der Waals surface area contributed by atoms with E-state index in [2.05, 4.69) is 25.9 Å². The third-order valence-electron chi connectivity index (χ3n) is 2.89. The van der Waals surface area contributed by atoms with Crippen LogP contribution in [0.15, 0.2) is 22.8 Å². The molecule has 106 valence electrons. The molecule has 0 aliphatic carbocycles. The van der Waals surface area contributed by atoms with Gasteiger partial charge in [0, 0.05) is 12.0 Å². The van der Waals surface area contributed by atoms with Crippen LogP contribution in [-0.2, 0) is 11.2 Å². The average Bonchev–Trinajstić information content (AvgIpc) is 2.77. The fourth-order valence-electron chi connectivity index (χ4n) is 1.93. The monoisotopic (exact) mass is 338 g/mol. The number of nitrogens with one attached hydrogen (secondary N) is 1. The highest BCUT2D eigenvalue weighted by Gasteiger charge is 2.15. The predicted molar refractivity (Wildman–Crippen MR) is 79.0 cm³/mol.